The lowest BCUT2D eigenvalue weighted by Gasteiger charge is -2.17. The second-order valence-corrected chi connectivity index (χ2v) is 4.79. The highest BCUT2D eigenvalue weighted by molar-refractivity contribution is 6.73. The van der Waals surface area contributed by atoms with Crippen molar-refractivity contribution in [3.63, 3.8) is 0 Å². The van der Waals surface area contributed by atoms with E-state index < -0.39 is 12.4 Å². The Morgan fingerprint density at radius 2 is 1.90 bits per heavy atom. The Kier molecular flexibility index (Phi) is 3.79. The van der Waals surface area contributed by atoms with Crippen LogP contribution in [-0.2, 0) is 13.7 Å². The average molecular weight is 283 g/mol. The summed E-state index contributed by atoms with van der Waals surface area (Å²) in [5, 5.41) is 4.18. The lowest BCUT2D eigenvalue weighted by molar-refractivity contribution is 0.293. The maximum atomic E-state index is 12.6. The zero-order chi connectivity index (χ0) is 14.9. The van der Waals surface area contributed by atoms with E-state index in [0.29, 0.717) is 11.3 Å². The Labute approximate surface area is 115 Å². The van der Waals surface area contributed by atoms with Gasteiger partial charge in [-0.2, -0.15) is 5.10 Å². The standard InChI is InChI=1S/C13H15BF3N2O/c1-9-6-11(14(15,16)17)4-5-13(9)20-8-12-7-10(2)18-19(12)3/h4-7H,8H2,1-3H3/q-1. The second-order valence-electron chi connectivity index (χ2n) is 4.79. The summed E-state index contributed by atoms with van der Waals surface area (Å²) < 4.78 is 45.1. The number of hydrogen-bond acceptors (Lipinski definition) is 2. The number of hydrogen-bond donors (Lipinski definition) is 0. The molecule has 2 aromatic rings. The van der Waals surface area contributed by atoms with Crippen molar-refractivity contribution in [1.29, 1.82) is 0 Å². The van der Waals surface area contributed by atoms with E-state index in [1.807, 2.05) is 13.0 Å². The summed E-state index contributed by atoms with van der Waals surface area (Å²) in [6, 6.07) is 5.41. The van der Waals surface area contributed by atoms with Gasteiger partial charge in [0.25, 0.3) is 0 Å². The fraction of sp³-hybridized carbons (Fsp3) is 0.308. The molecule has 1 heterocycles. The number of ether oxygens (including phenoxy) is 1. The molecule has 0 N–H and O–H groups in total. The molecule has 0 bridgehead atoms. The number of aromatic nitrogens is 2. The van der Waals surface area contributed by atoms with Gasteiger partial charge < -0.3 is 17.7 Å². The van der Waals surface area contributed by atoms with Crippen LogP contribution >= 0.6 is 0 Å². The molecule has 0 aliphatic rings. The molecule has 0 unspecified atom stereocenters. The highest BCUT2D eigenvalue weighted by Gasteiger charge is 2.25. The number of nitrogens with zero attached hydrogens (tertiary/aromatic N) is 2. The van der Waals surface area contributed by atoms with Gasteiger partial charge in [-0.25, -0.2) is 0 Å². The third-order valence-electron chi connectivity index (χ3n) is 3.05. The molecular weight excluding hydrogens is 268 g/mol. The van der Waals surface area contributed by atoms with Crippen molar-refractivity contribution in [3.8, 4) is 5.75 Å². The minimum Gasteiger partial charge on any atom is -0.487 e. The molecule has 1 aromatic heterocycles. The van der Waals surface area contributed by atoms with Gasteiger partial charge in [0.05, 0.1) is 11.4 Å². The molecule has 3 nitrogen and oxygen atoms in total. The zero-order valence-electron chi connectivity index (χ0n) is 11.5. The Hall–Kier alpha value is -1.92. The Morgan fingerprint density at radius 3 is 2.40 bits per heavy atom. The first-order valence-corrected chi connectivity index (χ1v) is 6.20. The number of aryl methyl sites for hydroxylation is 3. The van der Waals surface area contributed by atoms with Gasteiger partial charge in [0.1, 0.15) is 12.4 Å². The van der Waals surface area contributed by atoms with Crippen LogP contribution in [0.5, 0.6) is 5.75 Å². The van der Waals surface area contributed by atoms with Crippen molar-refractivity contribution >= 4 is 12.4 Å². The number of rotatable bonds is 4. The molecule has 1 aromatic carbocycles. The second kappa shape index (κ2) is 5.23. The number of halogens is 3. The molecule has 0 atom stereocenters. The minimum absolute atomic E-state index is 0.273. The summed E-state index contributed by atoms with van der Waals surface area (Å²) in [7, 11) is 1.80. The lowest BCUT2D eigenvalue weighted by Crippen LogP contribution is -2.34. The molecule has 0 saturated heterocycles. The van der Waals surface area contributed by atoms with E-state index in [-0.39, 0.29) is 6.61 Å². The summed E-state index contributed by atoms with van der Waals surface area (Å²) in [6.07, 6.45) is 0. The first-order valence-electron chi connectivity index (χ1n) is 6.20. The summed E-state index contributed by atoms with van der Waals surface area (Å²) in [6.45, 7) is -1.22. The normalized spacial score (nSPS) is 11.7. The van der Waals surface area contributed by atoms with E-state index in [1.165, 1.54) is 6.07 Å². The molecule has 0 amide bonds. The summed E-state index contributed by atoms with van der Waals surface area (Å²) in [5.74, 6) is 0.452. The zero-order valence-corrected chi connectivity index (χ0v) is 11.5. The first-order chi connectivity index (χ1) is 9.27. The Morgan fingerprint density at radius 1 is 1.20 bits per heavy atom. The molecular formula is C13H15BF3N2O-. The predicted molar refractivity (Wildman–Crippen MR) is 72.2 cm³/mol. The van der Waals surface area contributed by atoms with Crippen LogP contribution in [0, 0.1) is 13.8 Å². The average Bonchev–Trinajstić information content (AvgIpc) is 2.65. The van der Waals surface area contributed by atoms with Crippen LogP contribution in [0.1, 0.15) is 17.0 Å². The van der Waals surface area contributed by atoms with E-state index in [0.717, 1.165) is 23.5 Å². The van der Waals surface area contributed by atoms with Crippen LogP contribution in [0.2, 0.25) is 0 Å². The van der Waals surface area contributed by atoms with Crippen LogP contribution in [0.3, 0.4) is 0 Å². The van der Waals surface area contributed by atoms with E-state index in [4.69, 9.17) is 4.74 Å². The lowest BCUT2D eigenvalue weighted by atomic mass is 9.79. The fourth-order valence-corrected chi connectivity index (χ4v) is 1.99. The van der Waals surface area contributed by atoms with Gasteiger partial charge in [-0.05, 0) is 31.5 Å². The van der Waals surface area contributed by atoms with Crippen LogP contribution in [0.4, 0.5) is 12.9 Å². The van der Waals surface area contributed by atoms with E-state index in [9.17, 15) is 12.9 Å². The van der Waals surface area contributed by atoms with Crippen LogP contribution < -0.4 is 10.2 Å². The molecule has 0 spiro atoms. The number of benzene rings is 1. The smallest absolute Gasteiger partial charge is 0.487 e. The molecule has 2 rings (SSSR count). The van der Waals surface area contributed by atoms with Crippen molar-refractivity contribution in [3.05, 3.63) is 41.2 Å². The minimum atomic E-state index is -4.97. The van der Waals surface area contributed by atoms with Gasteiger partial charge in [0, 0.05) is 7.05 Å². The van der Waals surface area contributed by atoms with Gasteiger partial charge >= 0.3 is 6.98 Å². The van der Waals surface area contributed by atoms with Crippen molar-refractivity contribution in [2.75, 3.05) is 0 Å². The third-order valence-corrected chi connectivity index (χ3v) is 3.05. The van der Waals surface area contributed by atoms with Gasteiger partial charge in [0.15, 0.2) is 0 Å². The molecule has 0 fully saturated rings. The molecule has 0 saturated carbocycles. The molecule has 0 radical (unpaired) electrons. The highest BCUT2D eigenvalue weighted by Crippen LogP contribution is 2.20. The molecule has 108 valence electrons. The fourth-order valence-electron chi connectivity index (χ4n) is 1.99. The van der Waals surface area contributed by atoms with Crippen LogP contribution in [0.25, 0.3) is 0 Å². The van der Waals surface area contributed by atoms with Crippen LogP contribution in [-0.4, -0.2) is 16.8 Å². The van der Waals surface area contributed by atoms with Crippen molar-refractivity contribution in [2.24, 2.45) is 7.05 Å². The summed E-state index contributed by atoms with van der Waals surface area (Å²) >= 11 is 0. The van der Waals surface area contributed by atoms with E-state index in [1.54, 1.807) is 18.7 Å². The quantitative estimate of drug-likeness (QED) is 0.807. The highest BCUT2D eigenvalue weighted by atomic mass is 19.4. The van der Waals surface area contributed by atoms with E-state index in [2.05, 4.69) is 5.10 Å². The monoisotopic (exact) mass is 283 g/mol. The van der Waals surface area contributed by atoms with Crippen LogP contribution in [0.15, 0.2) is 24.3 Å². The van der Waals surface area contributed by atoms with Crippen molar-refractivity contribution in [2.45, 2.75) is 20.5 Å². The molecule has 7 heteroatoms. The molecule has 20 heavy (non-hydrogen) atoms. The maximum Gasteiger partial charge on any atom is 0.509 e. The Bertz CT molecular complexity index is 623. The summed E-state index contributed by atoms with van der Waals surface area (Å²) in [4.78, 5) is 0. The van der Waals surface area contributed by atoms with Gasteiger partial charge in [-0.15, -0.1) is 5.46 Å². The Balaban J connectivity index is 2.13. The van der Waals surface area contributed by atoms with Gasteiger partial charge in [-0.1, -0.05) is 12.1 Å². The first kappa shape index (κ1) is 14.5. The molecule has 0 aliphatic carbocycles. The molecule has 0 aliphatic heterocycles. The summed E-state index contributed by atoms with van der Waals surface area (Å²) in [5.41, 5.74) is 1.61. The maximum absolute atomic E-state index is 12.6. The van der Waals surface area contributed by atoms with Crippen molar-refractivity contribution < 1.29 is 17.7 Å². The topological polar surface area (TPSA) is 27.1 Å². The SMILES string of the molecule is Cc1cc(COc2ccc([B-](F)(F)F)cc2C)n(C)n1. The van der Waals surface area contributed by atoms with E-state index >= 15 is 0 Å². The van der Waals surface area contributed by atoms with Gasteiger partial charge in [0.2, 0.25) is 0 Å². The predicted octanol–water partition coefficient (Wildman–Crippen LogP) is 2.67. The third kappa shape index (κ3) is 3.15. The largest absolute Gasteiger partial charge is 0.509 e. The van der Waals surface area contributed by atoms with Gasteiger partial charge in [-0.3, -0.25) is 4.68 Å². The van der Waals surface area contributed by atoms with Crippen molar-refractivity contribution in [1.82, 2.24) is 9.78 Å².